The summed E-state index contributed by atoms with van der Waals surface area (Å²) in [5.74, 6) is 0. The molecule has 0 saturated carbocycles. The third-order valence-corrected chi connectivity index (χ3v) is 7.57. The number of quaternary nitrogens is 1. The molecule has 1 aromatic carbocycles. The van der Waals surface area contributed by atoms with Gasteiger partial charge < -0.3 is 4.48 Å². The Hall–Kier alpha value is -0.820. The minimum absolute atomic E-state index is 0.670. The van der Waals surface area contributed by atoms with Crippen molar-refractivity contribution in [1.29, 1.82) is 0 Å². The summed E-state index contributed by atoms with van der Waals surface area (Å²) in [6.45, 7) is 13.2. The highest BCUT2D eigenvalue weighted by Crippen LogP contribution is 2.33. The normalized spacial score (nSPS) is 12.9. The maximum absolute atomic E-state index is 2.38. The van der Waals surface area contributed by atoms with Crippen molar-refractivity contribution in [3.63, 3.8) is 0 Å². The van der Waals surface area contributed by atoms with Crippen LogP contribution in [0.5, 0.6) is 0 Å². The van der Waals surface area contributed by atoms with Crippen LogP contribution < -0.4 is 0 Å². The summed E-state index contributed by atoms with van der Waals surface area (Å²) in [5.41, 5.74) is 1.55. The van der Waals surface area contributed by atoms with Crippen LogP contribution in [0, 0.1) is 0 Å². The van der Waals surface area contributed by atoms with Gasteiger partial charge in [-0.1, -0.05) is 121 Å². The number of rotatable bonds is 20. The molecule has 1 nitrogen and oxygen atoms in total. The van der Waals surface area contributed by atoms with Gasteiger partial charge in [0, 0.05) is 12.0 Å². The molecule has 0 saturated heterocycles. The molecular formula is C29H54N+. The van der Waals surface area contributed by atoms with E-state index < -0.39 is 0 Å². The van der Waals surface area contributed by atoms with Gasteiger partial charge in [0.2, 0.25) is 0 Å². The molecule has 1 aromatic rings. The zero-order valence-corrected chi connectivity index (χ0v) is 21.1. The summed E-state index contributed by atoms with van der Waals surface area (Å²) in [6.07, 6.45) is 21.5. The van der Waals surface area contributed by atoms with Gasteiger partial charge in [0.15, 0.2) is 0 Å². The van der Waals surface area contributed by atoms with Crippen LogP contribution in [0.25, 0.3) is 0 Å². The van der Waals surface area contributed by atoms with Crippen molar-refractivity contribution < 1.29 is 4.48 Å². The highest BCUT2D eigenvalue weighted by Gasteiger charge is 2.32. The molecule has 1 unspecified atom stereocenters. The second-order valence-corrected chi connectivity index (χ2v) is 9.48. The lowest BCUT2D eigenvalue weighted by atomic mass is 9.95. The van der Waals surface area contributed by atoms with E-state index in [1.54, 1.807) is 5.56 Å². The predicted octanol–water partition coefficient (Wildman–Crippen LogP) is 9.48. The first kappa shape index (κ1) is 27.2. The number of unbranched alkanes of at least 4 members (excludes halogenated alkanes) is 13. The highest BCUT2D eigenvalue weighted by molar-refractivity contribution is 5.17. The van der Waals surface area contributed by atoms with Gasteiger partial charge in [0.1, 0.15) is 6.04 Å². The van der Waals surface area contributed by atoms with E-state index in [-0.39, 0.29) is 0 Å². The highest BCUT2D eigenvalue weighted by atomic mass is 15.4. The van der Waals surface area contributed by atoms with Crippen LogP contribution in [-0.4, -0.2) is 24.1 Å². The standard InChI is InChI=1S/C29H54N/c1-5-9-10-11-12-13-14-15-16-17-18-19-20-24-27-29(28-25-22-21-23-26-28)30(6-2,7-3)8-4/h21-23,25-26,29H,5-20,24,27H2,1-4H3/q+1. The Kier molecular flexibility index (Phi) is 16.2. The minimum Gasteiger partial charge on any atom is -0.318 e. The zero-order valence-electron chi connectivity index (χ0n) is 21.1. The van der Waals surface area contributed by atoms with Crippen molar-refractivity contribution >= 4 is 0 Å². The smallest absolute Gasteiger partial charge is 0.115 e. The van der Waals surface area contributed by atoms with Gasteiger partial charge in [-0.15, -0.1) is 0 Å². The fourth-order valence-electron chi connectivity index (χ4n) is 5.30. The largest absolute Gasteiger partial charge is 0.318 e. The Balaban J connectivity index is 2.19. The average Bonchev–Trinajstić information content (AvgIpc) is 2.79. The fraction of sp³-hybridized carbons (Fsp3) is 0.793. The monoisotopic (exact) mass is 416 g/mol. The van der Waals surface area contributed by atoms with E-state index in [1.807, 2.05) is 0 Å². The first-order valence-electron chi connectivity index (χ1n) is 13.6. The summed E-state index contributed by atoms with van der Waals surface area (Å²) in [7, 11) is 0. The summed E-state index contributed by atoms with van der Waals surface area (Å²) in [5, 5.41) is 0. The van der Waals surface area contributed by atoms with Crippen LogP contribution in [0.1, 0.15) is 136 Å². The number of hydrogen-bond donors (Lipinski definition) is 0. The van der Waals surface area contributed by atoms with Crippen LogP contribution in [0.15, 0.2) is 30.3 Å². The van der Waals surface area contributed by atoms with E-state index in [2.05, 4.69) is 58.0 Å². The van der Waals surface area contributed by atoms with Crippen LogP contribution in [0.4, 0.5) is 0 Å². The summed E-state index contributed by atoms with van der Waals surface area (Å²) in [6, 6.07) is 12.0. The van der Waals surface area contributed by atoms with Crippen molar-refractivity contribution in [3.05, 3.63) is 35.9 Å². The van der Waals surface area contributed by atoms with Crippen LogP contribution in [-0.2, 0) is 0 Å². The quantitative estimate of drug-likeness (QED) is 0.147. The van der Waals surface area contributed by atoms with Gasteiger partial charge in [0.05, 0.1) is 19.6 Å². The first-order valence-corrected chi connectivity index (χ1v) is 13.6. The molecule has 0 amide bonds. The Bertz CT molecular complexity index is 468. The minimum atomic E-state index is 0.670. The number of nitrogens with zero attached hydrogens (tertiary/aromatic N) is 1. The molecular weight excluding hydrogens is 362 g/mol. The Morgan fingerprint density at radius 3 is 1.33 bits per heavy atom. The molecule has 1 rings (SSSR count). The van der Waals surface area contributed by atoms with Crippen molar-refractivity contribution in [1.82, 2.24) is 0 Å². The molecule has 30 heavy (non-hydrogen) atoms. The zero-order chi connectivity index (χ0) is 21.9. The summed E-state index contributed by atoms with van der Waals surface area (Å²) in [4.78, 5) is 0. The lowest BCUT2D eigenvalue weighted by Gasteiger charge is -2.43. The molecule has 0 heterocycles. The van der Waals surface area contributed by atoms with E-state index in [9.17, 15) is 0 Å². The van der Waals surface area contributed by atoms with Crippen molar-refractivity contribution in [2.45, 2.75) is 130 Å². The Labute approximate surface area is 190 Å². The van der Waals surface area contributed by atoms with Gasteiger partial charge >= 0.3 is 0 Å². The SMILES string of the molecule is CCCCCCCCCCCCCCCCC(c1ccccc1)[N+](CC)(CC)CC. The number of hydrogen-bond acceptors (Lipinski definition) is 0. The summed E-state index contributed by atoms with van der Waals surface area (Å²) >= 11 is 0. The molecule has 0 fully saturated rings. The third-order valence-electron chi connectivity index (χ3n) is 7.57. The molecule has 0 radical (unpaired) electrons. The Morgan fingerprint density at radius 2 is 0.933 bits per heavy atom. The molecule has 0 bridgehead atoms. The molecule has 0 N–H and O–H groups in total. The van der Waals surface area contributed by atoms with Crippen LogP contribution in [0.2, 0.25) is 0 Å². The van der Waals surface area contributed by atoms with Crippen LogP contribution in [0.3, 0.4) is 0 Å². The van der Waals surface area contributed by atoms with Gasteiger partial charge in [-0.25, -0.2) is 0 Å². The maximum atomic E-state index is 2.38. The van der Waals surface area contributed by atoms with E-state index in [1.165, 1.54) is 120 Å². The molecule has 0 aliphatic rings. The molecule has 1 heteroatoms. The second kappa shape index (κ2) is 17.8. The molecule has 0 spiro atoms. The average molecular weight is 417 g/mol. The predicted molar refractivity (Wildman–Crippen MR) is 136 cm³/mol. The second-order valence-electron chi connectivity index (χ2n) is 9.48. The van der Waals surface area contributed by atoms with Gasteiger partial charge in [-0.2, -0.15) is 0 Å². The summed E-state index contributed by atoms with van der Waals surface area (Å²) < 4.78 is 1.24. The lowest BCUT2D eigenvalue weighted by Crippen LogP contribution is -2.50. The van der Waals surface area contributed by atoms with Crippen molar-refractivity contribution in [2.24, 2.45) is 0 Å². The number of benzene rings is 1. The van der Waals surface area contributed by atoms with Gasteiger partial charge in [0.25, 0.3) is 0 Å². The van der Waals surface area contributed by atoms with Gasteiger partial charge in [-0.05, 0) is 27.2 Å². The lowest BCUT2D eigenvalue weighted by molar-refractivity contribution is -0.953. The van der Waals surface area contributed by atoms with E-state index in [4.69, 9.17) is 0 Å². The molecule has 174 valence electrons. The Morgan fingerprint density at radius 1 is 0.533 bits per heavy atom. The third kappa shape index (κ3) is 10.5. The first-order chi connectivity index (χ1) is 14.7. The molecule has 0 aliphatic heterocycles. The molecule has 0 aliphatic carbocycles. The van der Waals surface area contributed by atoms with E-state index >= 15 is 0 Å². The maximum Gasteiger partial charge on any atom is 0.115 e. The van der Waals surface area contributed by atoms with E-state index in [0.29, 0.717) is 6.04 Å². The van der Waals surface area contributed by atoms with Crippen molar-refractivity contribution in [3.8, 4) is 0 Å². The topological polar surface area (TPSA) is 0 Å². The molecule has 0 aromatic heterocycles. The van der Waals surface area contributed by atoms with Crippen molar-refractivity contribution in [2.75, 3.05) is 19.6 Å². The van der Waals surface area contributed by atoms with Gasteiger partial charge in [-0.3, -0.25) is 0 Å². The molecule has 1 atom stereocenters. The fourth-order valence-corrected chi connectivity index (χ4v) is 5.30. The van der Waals surface area contributed by atoms with E-state index in [0.717, 1.165) is 0 Å². The van der Waals surface area contributed by atoms with Crippen LogP contribution >= 0.6 is 0 Å².